The van der Waals surface area contributed by atoms with Crippen LogP contribution in [0.3, 0.4) is 0 Å². The molecule has 0 aliphatic carbocycles. The molecule has 0 aromatic heterocycles. The maximum absolute atomic E-state index is 11.2. The smallest absolute Gasteiger partial charge is 0.294 e. The highest BCUT2D eigenvalue weighted by atomic mass is 16.6. The van der Waals surface area contributed by atoms with Crippen LogP contribution < -0.4 is 5.73 Å². The molecule has 0 aliphatic heterocycles. The Bertz CT molecular complexity index is 352. The summed E-state index contributed by atoms with van der Waals surface area (Å²) in [6.45, 7) is -0.598. The zero-order valence-electron chi connectivity index (χ0n) is 7.92. The Hall–Kier alpha value is -1.88. The predicted octanol–water partition coefficient (Wildman–Crippen LogP) is -0.468. The number of carbonyl (C=O) groups is 2. The van der Waals surface area contributed by atoms with Crippen molar-refractivity contribution in [2.45, 2.75) is 5.60 Å². The minimum absolute atomic E-state index is 0.0912. The Balaban J connectivity index is 3.21. The maximum Gasteiger partial charge on any atom is 0.294 e. The number of hydrogen-bond donors (Lipinski definition) is 2. The largest absolute Gasteiger partial charge is 0.444 e. The lowest BCUT2D eigenvalue weighted by Crippen LogP contribution is -2.46. The van der Waals surface area contributed by atoms with E-state index in [9.17, 15) is 9.59 Å². The number of primary amides is 1. The second-order valence-corrected chi connectivity index (χ2v) is 2.93. The molecular weight excluding hydrogens is 198 g/mol. The van der Waals surface area contributed by atoms with E-state index in [0.29, 0.717) is 5.56 Å². The van der Waals surface area contributed by atoms with E-state index < -0.39 is 18.1 Å². The third kappa shape index (κ3) is 1.97. The van der Waals surface area contributed by atoms with Gasteiger partial charge in [-0.3, -0.25) is 9.59 Å². The monoisotopic (exact) mass is 209 g/mol. The Morgan fingerprint density at radius 1 is 1.47 bits per heavy atom. The molecule has 0 bridgehead atoms. The molecule has 3 N–H and O–H groups in total. The van der Waals surface area contributed by atoms with Gasteiger partial charge < -0.3 is 15.6 Å². The molecule has 0 saturated heterocycles. The minimum Gasteiger partial charge on any atom is -0.444 e. The van der Waals surface area contributed by atoms with Crippen molar-refractivity contribution in [3.8, 4) is 0 Å². The SMILES string of the molecule is NC(=O)C(CO)(OC=O)c1ccccc1. The van der Waals surface area contributed by atoms with Gasteiger partial charge in [-0.15, -0.1) is 0 Å². The fourth-order valence-corrected chi connectivity index (χ4v) is 1.26. The summed E-state index contributed by atoms with van der Waals surface area (Å²) >= 11 is 0. The molecule has 0 radical (unpaired) electrons. The van der Waals surface area contributed by atoms with Gasteiger partial charge in [0.2, 0.25) is 5.60 Å². The van der Waals surface area contributed by atoms with E-state index in [1.165, 1.54) is 0 Å². The lowest BCUT2D eigenvalue weighted by molar-refractivity contribution is -0.162. The Morgan fingerprint density at radius 3 is 2.47 bits per heavy atom. The zero-order chi connectivity index (χ0) is 11.3. The van der Waals surface area contributed by atoms with Gasteiger partial charge in [0.1, 0.15) is 0 Å². The van der Waals surface area contributed by atoms with Gasteiger partial charge in [-0.1, -0.05) is 30.3 Å². The van der Waals surface area contributed by atoms with Crippen LogP contribution in [0.25, 0.3) is 0 Å². The van der Waals surface area contributed by atoms with E-state index in [1.807, 2.05) is 0 Å². The average Bonchev–Trinajstić information content (AvgIpc) is 2.26. The molecule has 0 aliphatic rings. The molecule has 1 atom stereocenters. The standard InChI is InChI=1S/C10H11NO4/c11-9(14)10(6-12,15-7-13)8-4-2-1-3-5-8/h1-5,7,12H,6H2,(H2,11,14). The van der Waals surface area contributed by atoms with Crippen molar-refractivity contribution in [3.05, 3.63) is 35.9 Å². The lowest BCUT2D eigenvalue weighted by atomic mass is 9.94. The normalized spacial score (nSPS) is 13.9. The van der Waals surface area contributed by atoms with Crippen LogP contribution in [0, 0.1) is 0 Å². The highest BCUT2D eigenvalue weighted by Gasteiger charge is 2.40. The molecule has 1 aromatic rings. The number of nitrogens with two attached hydrogens (primary N) is 1. The van der Waals surface area contributed by atoms with Crippen LogP contribution in [-0.2, 0) is 19.9 Å². The van der Waals surface area contributed by atoms with Crippen molar-refractivity contribution >= 4 is 12.4 Å². The zero-order valence-corrected chi connectivity index (χ0v) is 7.92. The van der Waals surface area contributed by atoms with Crippen molar-refractivity contribution in [2.75, 3.05) is 6.61 Å². The molecule has 1 amide bonds. The van der Waals surface area contributed by atoms with Crippen molar-refractivity contribution in [3.63, 3.8) is 0 Å². The molecule has 0 spiro atoms. The molecule has 5 nitrogen and oxygen atoms in total. The lowest BCUT2D eigenvalue weighted by Gasteiger charge is -2.26. The summed E-state index contributed by atoms with van der Waals surface area (Å²) in [4.78, 5) is 21.5. The summed E-state index contributed by atoms with van der Waals surface area (Å²) in [6, 6.07) is 8.12. The third-order valence-electron chi connectivity index (χ3n) is 2.11. The topological polar surface area (TPSA) is 89.6 Å². The van der Waals surface area contributed by atoms with Crippen LogP contribution in [0.2, 0.25) is 0 Å². The summed E-state index contributed by atoms with van der Waals surface area (Å²) < 4.78 is 4.62. The Morgan fingerprint density at radius 2 is 2.07 bits per heavy atom. The maximum atomic E-state index is 11.2. The second kappa shape index (κ2) is 4.56. The highest BCUT2D eigenvalue weighted by molar-refractivity contribution is 5.86. The predicted molar refractivity (Wildman–Crippen MR) is 51.5 cm³/mol. The molecular formula is C10H11NO4. The minimum atomic E-state index is -1.79. The number of aliphatic hydroxyl groups excluding tert-OH is 1. The van der Waals surface area contributed by atoms with Gasteiger partial charge in [0, 0.05) is 5.56 Å². The molecule has 0 fully saturated rings. The Kier molecular flexibility index (Phi) is 3.41. The third-order valence-corrected chi connectivity index (χ3v) is 2.11. The molecule has 1 aromatic carbocycles. The van der Waals surface area contributed by atoms with Crippen molar-refractivity contribution in [1.29, 1.82) is 0 Å². The van der Waals surface area contributed by atoms with Crippen molar-refractivity contribution < 1.29 is 19.4 Å². The number of rotatable bonds is 5. The first kappa shape index (κ1) is 11.2. The van der Waals surface area contributed by atoms with E-state index in [4.69, 9.17) is 10.8 Å². The molecule has 1 unspecified atom stereocenters. The molecule has 15 heavy (non-hydrogen) atoms. The van der Waals surface area contributed by atoms with Crippen LogP contribution in [0.5, 0.6) is 0 Å². The quantitative estimate of drug-likeness (QED) is 0.641. The van der Waals surface area contributed by atoms with Gasteiger partial charge in [0.05, 0.1) is 6.61 Å². The summed E-state index contributed by atoms with van der Waals surface area (Å²) in [5.41, 5.74) is 3.67. The molecule has 0 saturated carbocycles. The van der Waals surface area contributed by atoms with Gasteiger partial charge in [-0.2, -0.15) is 0 Å². The fraction of sp³-hybridized carbons (Fsp3) is 0.200. The average molecular weight is 209 g/mol. The summed E-state index contributed by atoms with van der Waals surface area (Å²) in [7, 11) is 0. The molecule has 1 rings (SSSR count). The number of hydrogen-bond acceptors (Lipinski definition) is 4. The first-order valence-electron chi connectivity index (χ1n) is 4.25. The summed E-state index contributed by atoms with van der Waals surface area (Å²) in [6.07, 6.45) is 0. The van der Waals surface area contributed by atoms with E-state index in [0.717, 1.165) is 0 Å². The van der Waals surface area contributed by atoms with Crippen LogP contribution >= 0.6 is 0 Å². The Labute approximate surface area is 86.5 Å². The number of amides is 1. The van der Waals surface area contributed by atoms with Crippen LogP contribution in [0.4, 0.5) is 0 Å². The number of ether oxygens (including phenoxy) is 1. The molecule has 80 valence electrons. The van der Waals surface area contributed by atoms with Gasteiger partial charge in [-0.25, -0.2) is 0 Å². The molecule has 0 heterocycles. The van der Waals surface area contributed by atoms with E-state index in [-0.39, 0.29) is 6.47 Å². The van der Waals surface area contributed by atoms with E-state index in [1.54, 1.807) is 30.3 Å². The summed E-state index contributed by atoms with van der Waals surface area (Å²) in [5.74, 6) is -0.914. The first-order chi connectivity index (χ1) is 7.17. The van der Waals surface area contributed by atoms with E-state index in [2.05, 4.69) is 4.74 Å². The van der Waals surface area contributed by atoms with Gasteiger partial charge in [0.25, 0.3) is 12.4 Å². The number of carbonyl (C=O) groups excluding carboxylic acids is 2. The fourth-order valence-electron chi connectivity index (χ4n) is 1.26. The van der Waals surface area contributed by atoms with Gasteiger partial charge in [-0.05, 0) is 0 Å². The summed E-state index contributed by atoms with van der Waals surface area (Å²) in [5, 5.41) is 9.15. The van der Waals surface area contributed by atoms with Crippen LogP contribution in [0.15, 0.2) is 30.3 Å². The van der Waals surface area contributed by atoms with Crippen molar-refractivity contribution in [1.82, 2.24) is 0 Å². The second-order valence-electron chi connectivity index (χ2n) is 2.93. The number of benzene rings is 1. The van der Waals surface area contributed by atoms with E-state index >= 15 is 0 Å². The first-order valence-corrected chi connectivity index (χ1v) is 4.25. The molecule has 5 heteroatoms. The van der Waals surface area contributed by atoms with Crippen LogP contribution in [0.1, 0.15) is 5.56 Å². The van der Waals surface area contributed by atoms with Gasteiger partial charge in [0.15, 0.2) is 0 Å². The highest BCUT2D eigenvalue weighted by Crippen LogP contribution is 2.24. The number of aliphatic hydroxyl groups is 1. The van der Waals surface area contributed by atoms with Crippen LogP contribution in [-0.4, -0.2) is 24.1 Å². The van der Waals surface area contributed by atoms with Crippen molar-refractivity contribution in [2.24, 2.45) is 5.73 Å². The van der Waals surface area contributed by atoms with Gasteiger partial charge >= 0.3 is 0 Å².